The summed E-state index contributed by atoms with van der Waals surface area (Å²) in [6, 6.07) is 6.02. The molecule has 2 aromatic rings. The molecule has 0 bridgehead atoms. The standard InChI is InChI=1S/C12H10FN3OS/c13-9-3-1-8(2-4-9)7-17-11-6-15-5-10(16-11)12(14)18/h1-6H,7H2,(H2,14,18). The molecule has 0 radical (unpaired) electrons. The molecule has 92 valence electrons. The fourth-order valence-corrected chi connectivity index (χ4v) is 1.37. The molecule has 1 aromatic carbocycles. The average molecular weight is 263 g/mol. The highest BCUT2D eigenvalue weighted by Crippen LogP contribution is 2.09. The molecule has 0 amide bonds. The van der Waals surface area contributed by atoms with Gasteiger partial charge in [-0.25, -0.2) is 9.37 Å². The second-order valence-electron chi connectivity index (χ2n) is 3.52. The second-order valence-corrected chi connectivity index (χ2v) is 3.96. The lowest BCUT2D eigenvalue weighted by Gasteiger charge is -2.06. The Bertz CT molecular complexity index is 560. The van der Waals surface area contributed by atoms with E-state index in [-0.39, 0.29) is 17.4 Å². The van der Waals surface area contributed by atoms with Gasteiger partial charge in [0.05, 0.1) is 12.4 Å². The molecular weight excluding hydrogens is 253 g/mol. The summed E-state index contributed by atoms with van der Waals surface area (Å²) in [5.74, 6) is 0.0404. The fraction of sp³-hybridized carbons (Fsp3) is 0.0833. The van der Waals surface area contributed by atoms with Crippen molar-refractivity contribution in [2.24, 2.45) is 5.73 Å². The Kier molecular flexibility index (Phi) is 3.78. The van der Waals surface area contributed by atoms with Crippen LogP contribution in [0.2, 0.25) is 0 Å². The molecule has 2 rings (SSSR count). The van der Waals surface area contributed by atoms with Gasteiger partial charge in [0.15, 0.2) is 0 Å². The van der Waals surface area contributed by atoms with Crippen LogP contribution in [-0.2, 0) is 6.61 Å². The van der Waals surface area contributed by atoms with Crippen LogP contribution >= 0.6 is 12.2 Å². The van der Waals surface area contributed by atoms with Crippen LogP contribution in [-0.4, -0.2) is 15.0 Å². The van der Waals surface area contributed by atoms with Gasteiger partial charge in [0.25, 0.3) is 0 Å². The molecule has 1 heterocycles. The van der Waals surface area contributed by atoms with Crippen molar-refractivity contribution < 1.29 is 9.13 Å². The minimum absolute atomic E-state index is 0.162. The largest absolute Gasteiger partial charge is 0.472 e. The summed E-state index contributed by atoms with van der Waals surface area (Å²) in [6.07, 6.45) is 2.93. The number of hydrogen-bond donors (Lipinski definition) is 1. The summed E-state index contributed by atoms with van der Waals surface area (Å²) in [5, 5.41) is 0. The zero-order valence-electron chi connectivity index (χ0n) is 9.34. The van der Waals surface area contributed by atoms with E-state index in [0.29, 0.717) is 11.6 Å². The molecule has 0 aliphatic rings. The fourth-order valence-electron chi connectivity index (χ4n) is 1.27. The molecule has 2 N–H and O–H groups in total. The minimum Gasteiger partial charge on any atom is -0.472 e. The number of nitrogens with two attached hydrogens (primary N) is 1. The molecule has 6 heteroatoms. The van der Waals surface area contributed by atoms with Gasteiger partial charge in [-0.05, 0) is 17.7 Å². The molecule has 4 nitrogen and oxygen atoms in total. The lowest BCUT2D eigenvalue weighted by molar-refractivity contribution is 0.292. The summed E-state index contributed by atoms with van der Waals surface area (Å²) in [7, 11) is 0. The summed E-state index contributed by atoms with van der Waals surface area (Å²) in [5.41, 5.74) is 6.67. The highest BCUT2D eigenvalue weighted by atomic mass is 32.1. The topological polar surface area (TPSA) is 61.0 Å². The summed E-state index contributed by atoms with van der Waals surface area (Å²) in [6.45, 7) is 0.274. The number of halogens is 1. The van der Waals surface area contributed by atoms with Crippen molar-refractivity contribution >= 4 is 17.2 Å². The number of ether oxygens (including phenoxy) is 1. The van der Waals surface area contributed by atoms with Crippen molar-refractivity contribution in [1.29, 1.82) is 0 Å². The Balaban J connectivity index is 2.04. The average Bonchev–Trinajstić information content (AvgIpc) is 2.38. The third-order valence-electron chi connectivity index (χ3n) is 2.16. The van der Waals surface area contributed by atoms with Crippen molar-refractivity contribution in [2.45, 2.75) is 6.61 Å². The van der Waals surface area contributed by atoms with Gasteiger partial charge in [0, 0.05) is 0 Å². The summed E-state index contributed by atoms with van der Waals surface area (Å²) >= 11 is 4.79. The second kappa shape index (κ2) is 5.50. The van der Waals surface area contributed by atoms with Crippen molar-refractivity contribution in [1.82, 2.24) is 9.97 Å². The first-order chi connectivity index (χ1) is 8.65. The SMILES string of the molecule is NC(=S)c1cncc(OCc2ccc(F)cc2)n1. The molecule has 0 spiro atoms. The van der Waals surface area contributed by atoms with Crippen LogP contribution in [0.1, 0.15) is 11.3 Å². The van der Waals surface area contributed by atoms with E-state index in [1.165, 1.54) is 24.5 Å². The van der Waals surface area contributed by atoms with Gasteiger partial charge < -0.3 is 10.5 Å². The van der Waals surface area contributed by atoms with E-state index in [1.807, 2.05) is 0 Å². The van der Waals surface area contributed by atoms with E-state index in [1.54, 1.807) is 12.1 Å². The lowest BCUT2D eigenvalue weighted by Crippen LogP contribution is -2.12. The van der Waals surface area contributed by atoms with Crippen LogP contribution in [0.5, 0.6) is 5.88 Å². The smallest absolute Gasteiger partial charge is 0.233 e. The number of nitrogens with zero attached hydrogens (tertiary/aromatic N) is 2. The Morgan fingerprint density at radius 2 is 2.00 bits per heavy atom. The number of hydrogen-bond acceptors (Lipinski definition) is 4. The number of aromatic nitrogens is 2. The van der Waals surface area contributed by atoms with Gasteiger partial charge in [-0.15, -0.1) is 0 Å². The van der Waals surface area contributed by atoms with Crippen LogP contribution < -0.4 is 10.5 Å². The molecule has 0 saturated heterocycles. The van der Waals surface area contributed by atoms with Crippen LogP contribution in [0.25, 0.3) is 0 Å². The maximum Gasteiger partial charge on any atom is 0.233 e. The highest BCUT2D eigenvalue weighted by Gasteiger charge is 2.02. The Morgan fingerprint density at radius 1 is 1.28 bits per heavy atom. The molecular formula is C12H10FN3OS. The summed E-state index contributed by atoms with van der Waals surface area (Å²) in [4.78, 5) is 8.16. The molecule has 0 saturated carbocycles. The first-order valence-corrected chi connectivity index (χ1v) is 5.55. The third-order valence-corrected chi connectivity index (χ3v) is 2.37. The zero-order chi connectivity index (χ0) is 13.0. The third kappa shape index (κ3) is 3.21. The van der Waals surface area contributed by atoms with Gasteiger partial charge in [0.2, 0.25) is 5.88 Å². The minimum atomic E-state index is -0.283. The normalized spacial score (nSPS) is 10.1. The first-order valence-electron chi connectivity index (χ1n) is 5.14. The van der Waals surface area contributed by atoms with Gasteiger partial charge in [-0.1, -0.05) is 24.4 Å². The Labute approximate surface area is 109 Å². The van der Waals surface area contributed by atoms with Crippen LogP contribution in [0.4, 0.5) is 4.39 Å². The van der Waals surface area contributed by atoms with E-state index in [0.717, 1.165) is 5.56 Å². The van der Waals surface area contributed by atoms with Crippen LogP contribution in [0, 0.1) is 5.82 Å². The number of rotatable bonds is 4. The maximum absolute atomic E-state index is 12.7. The monoisotopic (exact) mass is 263 g/mol. The van der Waals surface area contributed by atoms with Crippen LogP contribution in [0.15, 0.2) is 36.7 Å². The predicted molar refractivity (Wildman–Crippen MR) is 68.7 cm³/mol. The van der Waals surface area contributed by atoms with Crippen molar-refractivity contribution in [3.8, 4) is 5.88 Å². The van der Waals surface area contributed by atoms with Crippen molar-refractivity contribution in [3.05, 3.63) is 53.7 Å². The predicted octanol–water partition coefficient (Wildman–Crippen LogP) is 1.83. The molecule has 0 fully saturated rings. The number of thiocarbonyl (C=S) groups is 1. The van der Waals surface area contributed by atoms with E-state index in [2.05, 4.69) is 9.97 Å². The van der Waals surface area contributed by atoms with E-state index in [9.17, 15) is 4.39 Å². The maximum atomic E-state index is 12.7. The molecule has 0 unspecified atom stereocenters. The van der Waals surface area contributed by atoms with Gasteiger partial charge in [-0.2, -0.15) is 0 Å². The van der Waals surface area contributed by atoms with Gasteiger partial charge in [0.1, 0.15) is 23.1 Å². The Hall–Kier alpha value is -2.08. The molecule has 0 atom stereocenters. The van der Waals surface area contributed by atoms with E-state index in [4.69, 9.17) is 22.7 Å². The molecule has 1 aromatic heterocycles. The lowest BCUT2D eigenvalue weighted by atomic mass is 10.2. The first kappa shape index (κ1) is 12.4. The van der Waals surface area contributed by atoms with Gasteiger partial charge in [-0.3, -0.25) is 4.98 Å². The van der Waals surface area contributed by atoms with Gasteiger partial charge >= 0.3 is 0 Å². The van der Waals surface area contributed by atoms with E-state index >= 15 is 0 Å². The molecule has 0 aliphatic carbocycles. The Morgan fingerprint density at radius 3 is 2.67 bits per heavy atom. The van der Waals surface area contributed by atoms with Crippen molar-refractivity contribution in [3.63, 3.8) is 0 Å². The summed E-state index contributed by atoms with van der Waals surface area (Å²) < 4.78 is 18.1. The van der Waals surface area contributed by atoms with E-state index < -0.39 is 0 Å². The zero-order valence-corrected chi connectivity index (χ0v) is 10.2. The molecule has 18 heavy (non-hydrogen) atoms. The van der Waals surface area contributed by atoms with Crippen molar-refractivity contribution in [2.75, 3.05) is 0 Å². The van der Waals surface area contributed by atoms with Crippen LogP contribution in [0.3, 0.4) is 0 Å². The highest BCUT2D eigenvalue weighted by molar-refractivity contribution is 7.80. The number of benzene rings is 1. The quantitative estimate of drug-likeness (QED) is 0.853. The molecule has 0 aliphatic heterocycles.